The highest BCUT2D eigenvalue weighted by atomic mass is 79.9. The highest BCUT2D eigenvalue weighted by molar-refractivity contribution is 9.10. The first kappa shape index (κ1) is 21.4. The van der Waals surface area contributed by atoms with Crippen LogP contribution in [0.2, 0.25) is 5.02 Å². The quantitative estimate of drug-likeness (QED) is 0.482. The Kier molecular flexibility index (Phi) is 6.34. The van der Waals surface area contributed by atoms with Gasteiger partial charge < -0.3 is 9.84 Å². The van der Waals surface area contributed by atoms with Gasteiger partial charge in [0, 0.05) is 21.1 Å². The second-order valence-corrected chi connectivity index (χ2v) is 8.24. The predicted octanol–water partition coefficient (Wildman–Crippen LogP) is 5.64. The van der Waals surface area contributed by atoms with Crippen LogP contribution in [0, 0.1) is 6.92 Å². The summed E-state index contributed by atoms with van der Waals surface area (Å²) >= 11 is 9.48. The van der Waals surface area contributed by atoms with E-state index >= 15 is 0 Å². The number of phenols is 1. The summed E-state index contributed by atoms with van der Waals surface area (Å²) in [5, 5.41) is 10.8. The minimum atomic E-state index is -0.382. The van der Waals surface area contributed by atoms with Gasteiger partial charge in [0.15, 0.2) is 0 Å². The predicted molar refractivity (Wildman–Crippen MR) is 117 cm³/mol. The Morgan fingerprint density at radius 3 is 2.52 bits per heavy atom. The first-order chi connectivity index (χ1) is 13.7. The molecule has 1 N–H and O–H groups in total. The number of benzene rings is 2. The number of halogens is 2. The van der Waals surface area contributed by atoms with Crippen molar-refractivity contribution in [3.05, 3.63) is 62.7 Å². The molecule has 0 aliphatic rings. The van der Waals surface area contributed by atoms with Crippen molar-refractivity contribution in [3.8, 4) is 5.75 Å². The molecule has 1 heterocycles. The number of hydrogen-bond donors (Lipinski definition) is 1. The highest BCUT2D eigenvalue weighted by Crippen LogP contribution is 2.35. The lowest BCUT2D eigenvalue weighted by Crippen LogP contribution is -2.17. The molecule has 0 radical (unpaired) electrons. The lowest BCUT2D eigenvalue weighted by atomic mass is 10.1. The number of hydrogen-bond acceptors (Lipinski definition) is 4. The number of esters is 1. The van der Waals surface area contributed by atoms with Crippen LogP contribution in [0.5, 0.6) is 5.75 Å². The molecule has 0 aliphatic carbocycles. The van der Waals surface area contributed by atoms with E-state index < -0.39 is 0 Å². The zero-order valence-electron chi connectivity index (χ0n) is 16.3. The maximum atomic E-state index is 13.2. The number of carbonyl (C=O) groups excluding carboxylic acids is 2. The Balaban J connectivity index is 2.13. The molecule has 0 aliphatic heterocycles. The lowest BCUT2D eigenvalue weighted by Gasteiger charge is -2.11. The van der Waals surface area contributed by atoms with Crippen LogP contribution in [0.25, 0.3) is 10.9 Å². The molecule has 1 unspecified atom stereocenters. The Bertz CT molecular complexity index is 1090. The smallest absolute Gasteiger partial charge is 0.310 e. The molecule has 5 nitrogen and oxygen atoms in total. The summed E-state index contributed by atoms with van der Waals surface area (Å²) in [6.45, 7) is 5.54. The topological polar surface area (TPSA) is 68.5 Å². The van der Waals surface area contributed by atoms with E-state index in [0.717, 1.165) is 4.47 Å². The van der Waals surface area contributed by atoms with Gasteiger partial charge in [-0.3, -0.25) is 14.2 Å². The summed E-state index contributed by atoms with van der Waals surface area (Å²) in [4.78, 5) is 25.6. The second kappa shape index (κ2) is 8.59. The van der Waals surface area contributed by atoms with Crippen LogP contribution >= 0.6 is 27.5 Å². The Labute approximate surface area is 182 Å². The SMILES string of the molecule is CCC(C)OC(=O)Cc1c(C)n(C(=O)c2ccc(Br)cc2)c2cc(Cl)c(O)cc12. The largest absolute Gasteiger partial charge is 0.506 e. The monoisotopic (exact) mass is 477 g/mol. The molecule has 0 bridgehead atoms. The molecule has 0 saturated heterocycles. The van der Waals surface area contributed by atoms with E-state index in [1.165, 1.54) is 10.6 Å². The van der Waals surface area contributed by atoms with Crippen molar-refractivity contribution in [2.24, 2.45) is 0 Å². The van der Waals surface area contributed by atoms with Crippen LogP contribution in [-0.4, -0.2) is 27.7 Å². The van der Waals surface area contributed by atoms with Crippen LogP contribution in [-0.2, 0) is 16.0 Å². The molecule has 1 atom stereocenters. The summed E-state index contributed by atoms with van der Waals surface area (Å²) in [6.07, 6.45) is 0.516. The van der Waals surface area contributed by atoms with Gasteiger partial charge in [-0.25, -0.2) is 0 Å². The summed E-state index contributed by atoms with van der Waals surface area (Å²) in [5.74, 6) is -0.737. The maximum absolute atomic E-state index is 13.2. The Morgan fingerprint density at radius 2 is 1.90 bits per heavy atom. The van der Waals surface area contributed by atoms with Crippen LogP contribution in [0.15, 0.2) is 40.9 Å². The van der Waals surface area contributed by atoms with Gasteiger partial charge in [-0.15, -0.1) is 0 Å². The number of nitrogens with zero attached hydrogens (tertiary/aromatic N) is 1. The fourth-order valence-corrected chi connectivity index (χ4v) is 3.61. The lowest BCUT2D eigenvalue weighted by molar-refractivity contribution is -0.147. The standard InChI is InChI=1S/C22H21BrClNO4/c1-4-12(2)29-21(27)10-16-13(3)25(19-11-18(24)20(26)9-17(16)19)22(28)14-5-7-15(23)8-6-14/h5-9,11-12,26H,4,10H2,1-3H3. The number of carbonyl (C=O) groups is 2. The minimum Gasteiger partial charge on any atom is -0.506 e. The van der Waals surface area contributed by atoms with Gasteiger partial charge in [0.25, 0.3) is 5.91 Å². The molecular weight excluding hydrogens is 458 g/mol. The number of aromatic nitrogens is 1. The maximum Gasteiger partial charge on any atom is 0.310 e. The number of phenolic OH excluding ortho intramolecular Hbond substituents is 1. The number of rotatable bonds is 5. The molecule has 0 fully saturated rings. The number of fused-ring (bicyclic) bond motifs is 1. The summed E-state index contributed by atoms with van der Waals surface area (Å²) in [5.41, 5.74) is 2.26. The van der Waals surface area contributed by atoms with Gasteiger partial charge in [0.1, 0.15) is 5.75 Å². The normalized spacial score (nSPS) is 12.2. The van der Waals surface area contributed by atoms with E-state index in [9.17, 15) is 14.7 Å². The zero-order valence-corrected chi connectivity index (χ0v) is 18.7. The van der Waals surface area contributed by atoms with Gasteiger partial charge in [-0.05, 0) is 62.2 Å². The molecular formula is C22H21BrClNO4. The molecule has 3 rings (SSSR count). The zero-order chi connectivity index (χ0) is 21.3. The van der Waals surface area contributed by atoms with Crippen molar-refractivity contribution in [2.45, 2.75) is 39.7 Å². The van der Waals surface area contributed by atoms with Gasteiger partial charge >= 0.3 is 5.97 Å². The van der Waals surface area contributed by atoms with Gasteiger partial charge in [0.05, 0.1) is 23.1 Å². The molecule has 7 heteroatoms. The Hall–Kier alpha value is -2.31. The summed E-state index contributed by atoms with van der Waals surface area (Å²) in [7, 11) is 0. The molecule has 2 aromatic carbocycles. The third-order valence-corrected chi connectivity index (χ3v) is 5.76. The van der Waals surface area contributed by atoms with Gasteiger partial charge in [-0.2, -0.15) is 0 Å². The summed E-state index contributed by atoms with van der Waals surface area (Å²) in [6, 6.07) is 10.0. The fraction of sp³-hybridized carbons (Fsp3) is 0.273. The van der Waals surface area contributed by atoms with E-state index in [4.69, 9.17) is 16.3 Å². The van der Waals surface area contributed by atoms with Crippen molar-refractivity contribution in [3.63, 3.8) is 0 Å². The minimum absolute atomic E-state index is 0.00559. The van der Waals surface area contributed by atoms with Crippen LogP contribution in [0.3, 0.4) is 0 Å². The van der Waals surface area contributed by atoms with Crippen molar-refractivity contribution >= 4 is 50.3 Å². The average Bonchev–Trinajstić information content (AvgIpc) is 2.93. The van der Waals surface area contributed by atoms with E-state index in [1.54, 1.807) is 37.3 Å². The van der Waals surface area contributed by atoms with Crippen LogP contribution < -0.4 is 0 Å². The molecule has 0 saturated carbocycles. The molecule has 0 amide bonds. The first-order valence-electron chi connectivity index (χ1n) is 9.25. The van der Waals surface area contributed by atoms with E-state index in [2.05, 4.69) is 15.9 Å². The summed E-state index contributed by atoms with van der Waals surface area (Å²) < 4.78 is 7.79. The molecule has 1 aromatic heterocycles. The van der Waals surface area contributed by atoms with Gasteiger partial charge in [-0.1, -0.05) is 34.5 Å². The molecule has 0 spiro atoms. The van der Waals surface area contributed by atoms with Gasteiger partial charge in [0.2, 0.25) is 0 Å². The molecule has 152 valence electrons. The van der Waals surface area contributed by atoms with Crippen molar-refractivity contribution < 1.29 is 19.4 Å². The average molecular weight is 479 g/mol. The van der Waals surface area contributed by atoms with Crippen LogP contribution in [0.1, 0.15) is 41.9 Å². The van der Waals surface area contributed by atoms with E-state index in [-0.39, 0.29) is 35.2 Å². The number of ether oxygens (including phenoxy) is 1. The first-order valence-corrected chi connectivity index (χ1v) is 10.4. The van der Waals surface area contributed by atoms with E-state index in [1.807, 2.05) is 13.8 Å². The molecule has 3 aromatic rings. The highest BCUT2D eigenvalue weighted by Gasteiger charge is 2.23. The third-order valence-electron chi connectivity index (χ3n) is 4.93. The van der Waals surface area contributed by atoms with Crippen molar-refractivity contribution in [1.29, 1.82) is 0 Å². The van der Waals surface area contributed by atoms with Crippen molar-refractivity contribution in [1.82, 2.24) is 4.57 Å². The third kappa shape index (κ3) is 4.33. The second-order valence-electron chi connectivity index (χ2n) is 6.92. The number of aromatic hydroxyl groups is 1. The fourth-order valence-electron chi connectivity index (χ4n) is 3.19. The van der Waals surface area contributed by atoms with E-state index in [0.29, 0.717) is 34.1 Å². The molecule has 29 heavy (non-hydrogen) atoms. The van der Waals surface area contributed by atoms with Crippen LogP contribution in [0.4, 0.5) is 0 Å². The van der Waals surface area contributed by atoms with Crippen molar-refractivity contribution in [2.75, 3.05) is 0 Å². The Morgan fingerprint density at radius 1 is 1.24 bits per heavy atom.